The number of aromatic nitrogens is 1. The second-order valence-corrected chi connectivity index (χ2v) is 4.49. The summed E-state index contributed by atoms with van der Waals surface area (Å²) in [5.74, 6) is 0.555. The molecular weight excluding hydrogens is 188 g/mol. The summed E-state index contributed by atoms with van der Waals surface area (Å²) < 4.78 is 2.15. The van der Waals surface area contributed by atoms with Crippen LogP contribution in [0.25, 0.3) is 0 Å². The molecule has 3 heteroatoms. The van der Waals surface area contributed by atoms with E-state index in [1.54, 1.807) is 0 Å². The van der Waals surface area contributed by atoms with Gasteiger partial charge in [-0.05, 0) is 30.9 Å². The highest BCUT2D eigenvalue weighted by Gasteiger charge is 2.20. The van der Waals surface area contributed by atoms with Gasteiger partial charge in [-0.2, -0.15) is 0 Å². The summed E-state index contributed by atoms with van der Waals surface area (Å²) in [6, 6.07) is 2.04. The Bertz CT molecular complexity index is 391. The number of amides is 1. The average molecular weight is 206 g/mol. The lowest BCUT2D eigenvalue weighted by Crippen LogP contribution is -2.22. The fourth-order valence-corrected chi connectivity index (χ4v) is 2.26. The van der Waals surface area contributed by atoms with Crippen molar-refractivity contribution in [2.24, 2.45) is 0 Å². The fraction of sp³-hybridized carbons (Fsp3) is 0.583. The van der Waals surface area contributed by atoms with Gasteiger partial charge in [0.1, 0.15) is 5.69 Å². The van der Waals surface area contributed by atoms with Gasteiger partial charge < -0.3 is 9.88 Å². The van der Waals surface area contributed by atoms with E-state index in [1.807, 2.05) is 6.07 Å². The van der Waals surface area contributed by atoms with Crippen molar-refractivity contribution in [3.8, 4) is 0 Å². The first-order valence-electron chi connectivity index (χ1n) is 5.59. The van der Waals surface area contributed by atoms with Gasteiger partial charge in [0.15, 0.2) is 0 Å². The van der Waals surface area contributed by atoms with E-state index in [9.17, 15) is 4.79 Å². The Morgan fingerprint density at radius 3 is 2.87 bits per heavy atom. The first-order valence-corrected chi connectivity index (χ1v) is 5.59. The molecule has 1 aromatic rings. The molecule has 0 spiro atoms. The molecule has 15 heavy (non-hydrogen) atoms. The Morgan fingerprint density at radius 2 is 2.20 bits per heavy atom. The van der Waals surface area contributed by atoms with Crippen LogP contribution in [0.4, 0.5) is 0 Å². The Balaban J connectivity index is 2.51. The second kappa shape index (κ2) is 3.72. The van der Waals surface area contributed by atoms with Crippen molar-refractivity contribution in [2.45, 2.75) is 39.7 Å². The molecule has 0 aromatic carbocycles. The van der Waals surface area contributed by atoms with Crippen LogP contribution in [0.15, 0.2) is 6.07 Å². The number of fused-ring (bicyclic) bond motifs is 1. The minimum atomic E-state index is 0.0718. The number of carbonyl (C=O) groups excluding carboxylic acids is 1. The molecular formula is C12H18N2O. The third-order valence-corrected chi connectivity index (χ3v) is 3.10. The van der Waals surface area contributed by atoms with Gasteiger partial charge in [-0.3, -0.25) is 4.79 Å². The summed E-state index contributed by atoms with van der Waals surface area (Å²) in [5, 5.41) is 2.92. The zero-order valence-electron chi connectivity index (χ0n) is 9.63. The van der Waals surface area contributed by atoms with E-state index < -0.39 is 0 Å². The predicted molar refractivity (Wildman–Crippen MR) is 60.2 cm³/mol. The molecule has 3 nitrogen and oxygen atoms in total. The quantitative estimate of drug-likeness (QED) is 0.749. The van der Waals surface area contributed by atoms with Gasteiger partial charge in [0.05, 0.1) is 0 Å². The molecule has 0 saturated heterocycles. The molecule has 1 aliphatic rings. The highest BCUT2D eigenvalue weighted by atomic mass is 16.1. The lowest BCUT2D eigenvalue weighted by molar-refractivity contribution is 0.0951. The zero-order valence-corrected chi connectivity index (χ0v) is 9.63. The van der Waals surface area contributed by atoms with Crippen LogP contribution in [-0.2, 0) is 6.54 Å². The first-order chi connectivity index (χ1) is 7.11. The molecule has 1 aromatic heterocycles. The van der Waals surface area contributed by atoms with Crippen LogP contribution < -0.4 is 5.32 Å². The topological polar surface area (TPSA) is 34.0 Å². The van der Waals surface area contributed by atoms with Gasteiger partial charge in [0.25, 0.3) is 5.91 Å². The highest BCUT2D eigenvalue weighted by Crippen LogP contribution is 2.24. The van der Waals surface area contributed by atoms with Crippen LogP contribution in [0.5, 0.6) is 0 Å². The van der Waals surface area contributed by atoms with E-state index >= 15 is 0 Å². The lowest BCUT2D eigenvalue weighted by Gasteiger charge is -2.08. The minimum absolute atomic E-state index is 0.0718. The number of rotatable bonds is 1. The molecule has 82 valence electrons. The molecule has 0 fully saturated rings. The SMILES string of the molecule is Cc1c(C(C)C)cc2n1CCCNC2=O. The third kappa shape index (κ3) is 1.66. The van der Waals surface area contributed by atoms with Crippen LogP contribution >= 0.6 is 0 Å². The van der Waals surface area contributed by atoms with Crippen LogP contribution in [0.2, 0.25) is 0 Å². The van der Waals surface area contributed by atoms with Crippen molar-refractivity contribution in [1.82, 2.24) is 9.88 Å². The predicted octanol–water partition coefficient (Wildman–Crippen LogP) is 2.05. The molecule has 2 rings (SSSR count). The molecule has 0 radical (unpaired) electrons. The van der Waals surface area contributed by atoms with Gasteiger partial charge >= 0.3 is 0 Å². The normalized spacial score (nSPS) is 16.1. The Hall–Kier alpha value is -1.25. The monoisotopic (exact) mass is 206 g/mol. The van der Waals surface area contributed by atoms with E-state index in [0.717, 1.165) is 25.2 Å². The molecule has 0 saturated carbocycles. The molecule has 1 aliphatic heterocycles. The number of nitrogens with one attached hydrogen (secondary N) is 1. The van der Waals surface area contributed by atoms with E-state index in [4.69, 9.17) is 0 Å². The Labute approximate surface area is 90.5 Å². The maximum atomic E-state index is 11.8. The van der Waals surface area contributed by atoms with Crippen molar-refractivity contribution in [3.05, 3.63) is 23.0 Å². The molecule has 2 heterocycles. The smallest absolute Gasteiger partial charge is 0.267 e. The van der Waals surface area contributed by atoms with E-state index in [1.165, 1.54) is 11.3 Å². The summed E-state index contributed by atoms with van der Waals surface area (Å²) in [7, 11) is 0. The summed E-state index contributed by atoms with van der Waals surface area (Å²) in [4.78, 5) is 11.8. The maximum absolute atomic E-state index is 11.8. The van der Waals surface area contributed by atoms with Gasteiger partial charge in [0, 0.05) is 18.8 Å². The molecule has 0 aliphatic carbocycles. The van der Waals surface area contributed by atoms with E-state index in [0.29, 0.717) is 5.92 Å². The average Bonchev–Trinajstić information content (AvgIpc) is 2.39. The zero-order chi connectivity index (χ0) is 11.0. The summed E-state index contributed by atoms with van der Waals surface area (Å²) in [6.07, 6.45) is 1.02. The molecule has 0 unspecified atom stereocenters. The Kier molecular flexibility index (Phi) is 2.55. The van der Waals surface area contributed by atoms with Gasteiger partial charge in [0.2, 0.25) is 0 Å². The van der Waals surface area contributed by atoms with Crippen molar-refractivity contribution >= 4 is 5.91 Å². The Morgan fingerprint density at radius 1 is 1.47 bits per heavy atom. The molecule has 0 bridgehead atoms. The van der Waals surface area contributed by atoms with Gasteiger partial charge in [-0.1, -0.05) is 13.8 Å². The standard InChI is InChI=1S/C12H18N2O/c1-8(2)10-7-11-12(15)13-5-4-6-14(11)9(10)3/h7-8H,4-6H2,1-3H3,(H,13,15). The van der Waals surface area contributed by atoms with Gasteiger partial charge in [-0.25, -0.2) is 0 Å². The first kappa shape index (κ1) is 10.3. The second-order valence-electron chi connectivity index (χ2n) is 4.49. The van der Waals surface area contributed by atoms with E-state index in [-0.39, 0.29) is 5.91 Å². The fourth-order valence-electron chi connectivity index (χ4n) is 2.26. The van der Waals surface area contributed by atoms with Crippen LogP contribution in [0.1, 0.15) is 47.9 Å². The maximum Gasteiger partial charge on any atom is 0.267 e. The molecule has 1 N–H and O–H groups in total. The summed E-state index contributed by atoms with van der Waals surface area (Å²) >= 11 is 0. The highest BCUT2D eigenvalue weighted by molar-refractivity contribution is 5.93. The van der Waals surface area contributed by atoms with Crippen LogP contribution in [0.3, 0.4) is 0 Å². The number of nitrogens with zero attached hydrogens (tertiary/aromatic N) is 1. The third-order valence-electron chi connectivity index (χ3n) is 3.10. The van der Waals surface area contributed by atoms with Crippen LogP contribution in [-0.4, -0.2) is 17.0 Å². The van der Waals surface area contributed by atoms with Crippen molar-refractivity contribution in [1.29, 1.82) is 0 Å². The molecule has 1 amide bonds. The number of hydrogen-bond donors (Lipinski definition) is 1. The lowest BCUT2D eigenvalue weighted by atomic mass is 10.0. The van der Waals surface area contributed by atoms with Crippen LogP contribution in [0, 0.1) is 6.92 Å². The van der Waals surface area contributed by atoms with Crippen molar-refractivity contribution in [2.75, 3.05) is 6.54 Å². The largest absolute Gasteiger partial charge is 0.351 e. The van der Waals surface area contributed by atoms with E-state index in [2.05, 4.69) is 30.7 Å². The minimum Gasteiger partial charge on any atom is -0.351 e. The number of hydrogen-bond acceptors (Lipinski definition) is 1. The van der Waals surface area contributed by atoms with Crippen molar-refractivity contribution < 1.29 is 4.79 Å². The number of carbonyl (C=O) groups is 1. The summed E-state index contributed by atoms with van der Waals surface area (Å²) in [5.41, 5.74) is 3.37. The van der Waals surface area contributed by atoms with Crippen molar-refractivity contribution in [3.63, 3.8) is 0 Å². The summed E-state index contributed by atoms with van der Waals surface area (Å²) in [6.45, 7) is 8.18. The van der Waals surface area contributed by atoms with Gasteiger partial charge in [-0.15, -0.1) is 0 Å². The molecule has 0 atom stereocenters.